The van der Waals surface area contributed by atoms with E-state index in [2.05, 4.69) is 18.0 Å². The van der Waals surface area contributed by atoms with Crippen molar-refractivity contribution in [3.05, 3.63) is 45.7 Å². The van der Waals surface area contributed by atoms with E-state index >= 15 is 0 Å². The lowest BCUT2D eigenvalue weighted by atomic mass is 10.1. The molecule has 2 aromatic rings. The maximum absolute atomic E-state index is 11.7. The third-order valence-corrected chi connectivity index (χ3v) is 2.83. The van der Waals surface area contributed by atoms with Crippen LogP contribution in [-0.4, -0.2) is 10.8 Å². The molecule has 0 bridgehead atoms. The Bertz CT molecular complexity index is 626. The molecule has 3 nitrogen and oxygen atoms in total. The number of aromatic nitrogens is 1. The Morgan fingerprint density at radius 3 is 2.71 bits per heavy atom. The van der Waals surface area contributed by atoms with Crippen molar-refractivity contribution >= 4 is 16.7 Å². The highest BCUT2D eigenvalue weighted by Gasteiger charge is 2.05. The number of H-pyrrole nitrogens is 1. The number of aryl methyl sites for hydroxylation is 1. The first kappa shape index (κ1) is 11.6. The molecule has 0 aliphatic rings. The van der Waals surface area contributed by atoms with E-state index < -0.39 is 0 Å². The normalized spacial score (nSPS) is 10.7. The predicted octanol–water partition coefficient (Wildman–Crippen LogP) is 2.22. The summed E-state index contributed by atoms with van der Waals surface area (Å²) in [6, 6.07) is 7.78. The SMILES string of the molecule is CCc1ccc2[nH]c(=O)c(CC(C)=O)cc2c1. The standard InChI is InChI=1S/C14H15NO2/c1-3-10-4-5-13-11(7-10)8-12(6-9(2)16)14(17)15-13/h4-5,7-8H,3,6H2,1-2H3,(H,15,17). The fraction of sp³-hybridized carbons (Fsp3) is 0.286. The van der Waals surface area contributed by atoms with Crippen molar-refractivity contribution in [2.24, 2.45) is 0 Å². The zero-order chi connectivity index (χ0) is 12.4. The Balaban J connectivity index is 2.60. The van der Waals surface area contributed by atoms with Crippen LogP contribution in [0.15, 0.2) is 29.1 Å². The van der Waals surface area contributed by atoms with E-state index in [1.807, 2.05) is 18.2 Å². The maximum atomic E-state index is 11.7. The summed E-state index contributed by atoms with van der Waals surface area (Å²) in [6.45, 7) is 3.58. The van der Waals surface area contributed by atoms with Gasteiger partial charge < -0.3 is 4.98 Å². The van der Waals surface area contributed by atoms with E-state index in [1.165, 1.54) is 12.5 Å². The van der Waals surface area contributed by atoms with Gasteiger partial charge in [0.15, 0.2) is 0 Å². The molecule has 0 amide bonds. The number of hydrogen-bond donors (Lipinski definition) is 1. The fourth-order valence-corrected chi connectivity index (χ4v) is 1.92. The molecule has 3 heteroatoms. The molecule has 0 radical (unpaired) electrons. The summed E-state index contributed by atoms with van der Waals surface area (Å²) in [4.78, 5) is 25.6. The monoisotopic (exact) mass is 229 g/mol. The number of aromatic amines is 1. The zero-order valence-electron chi connectivity index (χ0n) is 10.0. The summed E-state index contributed by atoms with van der Waals surface area (Å²) in [5.74, 6) is 0.00139. The van der Waals surface area contributed by atoms with Gasteiger partial charge in [-0.2, -0.15) is 0 Å². The second kappa shape index (κ2) is 4.53. The number of benzene rings is 1. The van der Waals surface area contributed by atoms with E-state index in [-0.39, 0.29) is 17.8 Å². The first-order chi connectivity index (χ1) is 8.10. The highest BCUT2D eigenvalue weighted by molar-refractivity contribution is 5.82. The van der Waals surface area contributed by atoms with E-state index in [0.29, 0.717) is 5.56 Å². The van der Waals surface area contributed by atoms with Crippen molar-refractivity contribution in [2.75, 3.05) is 0 Å². The van der Waals surface area contributed by atoms with Gasteiger partial charge in [-0.25, -0.2) is 0 Å². The van der Waals surface area contributed by atoms with Gasteiger partial charge in [-0.1, -0.05) is 13.0 Å². The zero-order valence-corrected chi connectivity index (χ0v) is 10.0. The summed E-state index contributed by atoms with van der Waals surface area (Å²) in [7, 11) is 0. The van der Waals surface area contributed by atoms with Crippen LogP contribution in [0.4, 0.5) is 0 Å². The molecule has 1 N–H and O–H groups in total. The van der Waals surface area contributed by atoms with Gasteiger partial charge in [-0.3, -0.25) is 9.59 Å². The maximum Gasteiger partial charge on any atom is 0.252 e. The van der Waals surface area contributed by atoms with Crippen LogP contribution in [-0.2, 0) is 17.6 Å². The summed E-state index contributed by atoms with van der Waals surface area (Å²) in [5.41, 5.74) is 2.41. The van der Waals surface area contributed by atoms with E-state index in [9.17, 15) is 9.59 Å². The average molecular weight is 229 g/mol. The first-order valence-corrected chi connectivity index (χ1v) is 5.74. The minimum atomic E-state index is -0.169. The predicted molar refractivity (Wildman–Crippen MR) is 68.3 cm³/mol. The number of hydrogen-bond acceptors (Lipinski definition) is 2. The van der Waals surface area contributed by atoms with Crippen LogP contribution in [0.5, 0.6) is 0 Å². The van der Waals surface area contributed by atoms with Gasteiger partial charge in [0.25, 0.3) is 5.56 Å². The molecule has 0 aliphatic carbocycles. The number of carbonyl (C=O) groups excluding carboxylic acids is 1. The molecule has 1 aromatic carbocycles. The molecule has 0 fully saturated rings. The van der Waals surface area contributed by atoms with Crippen molar-refractivity contribution in [3.8, 4) is 0 Å². The molecule has 17 heavy (non-hydrogen) atoms. The number of rotatable bonds is 3. The van der Waals surface area contributed by atoms with Crippen LogP contribution < -0.4 is 5.56 Å². The summed E-state index contributed by atoms with van der Waals surface area (Å²) < 4.78 is 0. The Morgan fingerprint density at radius 1 is 1.29 bits per heavy atom. The van der Waals surface area contributed by atoms with Gasteiger partial charge in [0.2, 0.25) is 0 Å². The van der Waals surface area contributed by atoms with Crippen LogP contribution >= 0.6 is 0 Å². The van der Waals surface area contributed by atoms with Crippen molar-refractivity contribution in [3.63, 3.8) is 0 Å². The molecule has 0 spiro atoms. The lowest BCUT2D eigenvalue weighted by Gasteiger charge is -2.03. The number of nitrogens with one attached hydrogen (secondary N) is 1. The van der Waals surface area contributed by atoms with Crippen LogP contribution in [0.25, 0.3) is 10.9 Å². The molecule has 0 saturated carbocycles. The molecule has 88 valence electrons. The average Bonchev–Trinajstić information content (AvgIpc) is 2.29. The quantitative estimate of drug-likeness (QED) is 0.877. The lowest BCUT2D eigenvalue weighted by Crippen LogP contribution is -2.14. The van der Waals surface area contributed by atoms with Gasteiger partial charge in [0.1, 0.15) is 5.78 Å². The highest BCUT2D eigenvalue weighted by atomic mass is 16.1. The van der Waals surface area contributed by atoms with Gasteiger partial charge in [-0.15, -0.1) is 0 Å². The van der Waals surface area contributed by atoms with Crippen molar-refractivity contribution in [1.29, 1.82) is 0 Å². The van der Waals surface area contributed by atoms with Gasteiger partial charge >= 0.3 is 0 Å². The second-order valence-electron chi connectivity index (χ2n) is 4.28. The highest BCUT2D eigenvalue weighted by Crippen LogP contribution is 2.14. The number of fused-ring (bicyclic) bond motifs is 1. The molecule has 0 saturated heterocycles. The van der Waals surface area contributed by atoms with E-state index in [0.717, 1.165) is 17.3 Å². The molecule has 1 heterocycles. The summed E-state index contributed by atoms with van der Waals surface area (Å²) in [6.07, 6.45) is 1.15. The molecule has 0 aliphatic heterocycles. The van der Waals surface area contributed by atoms with E-state index in [4.69, 9.17) is 0 Å². The number of ketones is 1. The Morgan fingerprint density at radius 2 is 2.06 bits per heavy atom. The molecular weight excluding hydrogens is 214 g/mol. The van der Waals surface area contributed by atoms with Crippen molar-refractivity contribution in [1.82, 2.24) is 4.98 Å². The summed E-state index contributed by atoms with van der Waals surface area (Å²) in [5, 5.41) is 0.986. The third kappa shape index (κ3) is 2.44. The third-order valence-electron chi connectivity index (χ3n) is 2.83. The van der Waals surface area contributed by atoms with E-state index in [1.54, 1.807) is 0 Å². The largest absolute Gasteiger partial charge is 0.322 e. The van der Waals surface area contributed by atoms with Crippen molar-refractivity contribution < 1.29 is 4.79 Å². The number of Topliss-reactive ketones (excluding diaryl/α,β-unsaturated/α-hetero) is 1. The lowest BCUT2D eigenvalue weighted by molar-refractivity contribution is -0.116. The molecular formula is C14H15NO2. The van der Waals surface area contributed by atoms with Crippen LogP contribution in [0.1, 0.15) is 25.0 Å². The minimum Gasteiger partial charge on any atom is -0.322 e. The summed E-state index contributed by atoms with van der Waals surface area (Å²) >= 11 is 0. The molecule has 2 rings (SSSR count). The fourth-order valence-electron chi connectivity index (χ4n) is 1.92. The smallest absolute Gasteiger partial charge is 0.252 e. The molecule has 0 atom stereocenters. The number of carbonyl (C=O) groups is 1. The Kier molecular flexibility index (Phi) is 3.09. The molecule has 0 unspecified atom stereocenters. The second-order valence-corrected chi connectivity index (χ2v) is 4.28. The van der Waals surface area contributed by atoms with Gasteiger partial charge in [0, 0.05) is 17.5 Å². The van der Waals surface area contributed by atoms with Crippen molar-refractivity contribution in [2.45, 2.75) is 26.7 Å². The van der Waals surface area contributed by atoms with Crippen LogP contribution in [0.2, 0.25) is 0 Å². The van der Waals surface area contributed by atoms with Gasteiger partial charge in [0.05, 0.1) is 0 Å². The number of pyridine rings is 1. The van der Waals surface area contributed by atoms with Crippen LogP contribution in [0.3, 0.4) is 0 Å². The van der Waals surface area contributed by atoms with Gasteiger partial charge in [-0.05, 0) is 42.5 Å². The van der Waals surface area contributed by atoms with Crippen LogP contribution in [0, 0.1) is 0 Å². The minimum absolute atomic E-state index is 0.00139. The topological polar surface area (TPSA) is 49.9 Å². The Labute approximate surface area is 99.5 Å². The molecule has 1 aromatic heterocycles. The Hall–Kier alpha value is -1.90. The first-order valence-electron chi connectivity index (χ1n) is 5.74.